The van der Waals surface area contributed by atoms with Gasteiger partial charge >= 0.3 is 0 Å². The van der Waals surface area contributed by atoms with Crippen LogP contribution in [0.2, 0.25) is 0 Å². The summed E-state index contributed by atoms with van der Waals surface area (Å²) >= 11 is 0. The van der Waals surface area contributed by atoms with Crippen LogP contribution in [-0.4, -0.2) is 19.7 Å². The Hall–Kier alpha value is -1.09. The van der Waals surface area contributed by atoms with Crippen molar-refractivity contribution >= 4 is 0 Å². The lowest BCUT2D eigenvalue weighted by Crippen LogP contribution is -2.24. The van der Waals surface area contributed by atoms with Crippen LogP contribution in [0.3, 0.4) is 0 Å². The van der Waals surface area contributed by atoms with Crippen LogP contribution in [0.5, 0.6) is 5.75 Å². The van der Waals surface area contributed by atoms with Gasteiger partial charge in [0.25, 0.3) is 0 Å². The molecule has 0 amide bonds. The summed E-state index contributed by atoms with van der Waals surface area (Å²) in [5.74, 6) is 0.507. The normalized spacial score (nSPS) is 12.4. The lowest BCUT2D eigenvalue weighted by Gasteiger charge is -2.13. The average molecular weight is 225 g/mol. The fourth-order valence-corrected chi connectivity index (χ4v) is 1.60. The summed E-state index contributed by atoms with van der Waals surface area (Å²) in [5, 5.41) is 3.25. The van der Waals surface area contributed by atoms with Crippen molar-refractivity contribution in [3.05, 3.63) is 30.1 Å². The summed E-state index contributed by atoms with van der Waals surface area (Å²) in [6, 6.07) is 6.71. The highest BCUT2D eigenvalue weighted by Gasteiger charge is 2.02. The van der Waals surface area contributed by atoms with Gasteiger partial charge in [0, 0.05) is 6.04 Å². The molecule has 0 saturated carbocycles. The molecule has 1 atom stereocenters. The number of benzene rings is 1. The molecule has 0 saturated heterocycles. The highest BCUT2D eigenvalue weighted by atomic mass is 19.1. The third-order valence-electron chi connectivity index (χ3n) is 2.68. The molecule has 2 nitrogen and oxygen atoms in total. The number of ether oxygens (including phenoxy) is 1. The van der Waals surface area contributed by atoms with Crippen LogP contribution in [0.15, 0.2) is 24.3 Å². The highest BCUT2D eigenvalue weighted by Crippen LogP contribution is 2.12. The maximum Gasteiger partial charge on any atom is 0.123 e. The minimum atomic E-state index is -0.228. The lowest BCUT2D eigenvalue weighted by molar-refractivity contribution is 0.296. The number of nitrogens with one attached hydrogen (secondary N) is 1. The molecule has 0 bridgehead atoms. The summed E-state index contributed by atoms with van der Waals surface area (Å²) in [7, 11) is 1.98. The zero-order valence-electron chi connectivity index (χ0n) is 10.0. The molecule has 1 aromatic carbocycles. The molecule has 0 spiro atoms. The average Bonchev–Trinajstić information content (AvgIpc) is 2.32. The van der Waals surface area contributed by atoms with Crippen LogP contribution >= 0.6 is 0 Å². The van der Waals surface area contributed by atoms with Gasteiger partial charge in [0.05, 0.1) is 6.61 Å². The summed E-state index contributed by atoms with van der Waals surface area (Å²) < 4.78 is 18.1. The number of halogens is 1. The van der Waals surface area contributed by atoms with E-state index in [0.29, 0.717) is 12.6 Å². The smallest absolute Gasteiger partial charge is 0.123 e. The van der Waals surface area contributed by atoms with Gasteiger partial charge in [-0.3, -0.25) is 0 Å². The Kier molecular flexibility index (Phi) is 5.86. The van der Waals surface area contributed by atoms with E-state index in [4.69, 9.17) is 4.74 Å². The Morgan fingerprint density at radius 3 is 2.56 bits per heavy atom. The van der Waals surface area contributed by atoms with Crippen LogP contribution in [0, 0.1) is 5.82 Å². The molecule has 3 heteroatoms. The monoisotopic (exact) mass is 225 g/mol. The first-order valence-electron chi connectivity index (χ1n) is 5.82. The third kappa shape index (κ3) is 4.62. The maximum atomic E-state index is 12.6. The molecule has 0 aromatic heterocycles. The molecule has 0 aliphatic heterocycles. The van der Waals surface area contributed by atoms with Gasteiger partial charge in [-0.2, -0.15) is 0 Å². The van der Waals surface area contributed by atoms with Crippen LogP contribution in [0.4, 0.5) is 4.39 Å². The van der Waals surface area contributed by atoms with Gasteiger partial charge in [0.2, 0.25) is 0 Å². The van der Waals surface area contributed by atoms with Crippen molar-refractivity contribution in [1.82, 2.24) is 5.32 Å². The molecule has 16 heavy (non-hydrogen) atoms. The molecule has 1 rings (SSSR count). The van der Waals surface area contributed by atoms with Gasteiger partial charge in [-0.1, -0.05) is 6.92 Å². The van der Waals surface area contributed by atoms with E-state index in [9.17, 15) is 4.39 Å². The molecular formula is C13H20FNO. The molecule has 1 unspecified atom stereocenters. The van der Waals surface area contributed by atoms with Gasteiger partial charge in [0.1, 0.15) is 11.6 Å². The van der Waals surface area contributed by atoms with Gasteiger partial charge in [-0.05, 0) is 50.6 Å². The molecule has 1 aromatic rings. The predicted octanol–water partition coefficient (Wildman–Crippen LogP) is 2.98. The Morgan fingerprint density at radius 1 is 1.31 bits per heavy atom. The van der Waals surface area contributed by atoms with Crippen molar-refractivity contribution < 1.29 is 9.13 Å². The van der Waals surface area contributed by atoms with E-state index < -0.39 is 0 Å². The Balaban J connectivity index is 2.18. The Morgan fingerprint density at radius 2 is 2.00 bits per heavy atom. The molecule has 0 radical (unpaired) electrons. The molecular weight excluding hydrogens is 205 g/mol. The van der Waals surface area contributed by atoms with Crippen molar-refractivity contribution in [2.24, 2.45) is 0 Å². The van der Waals surface area contributed by atoms with E-state index in [2.05, 4.69) is 12.2 Å². The summed E-state index contributed by atoms with van der Waals surface area (Å²) in [5.41, 5.74) is 0. The van der Waals surface area contributed by atoms with Crippen molar-refractivity contribution in [3.8, 4) is 5.75 Å². The summed E-state index contributed by atoms with van der Waals surface area (Å²) in [4.78, 5) is 0. The fourth-order valence-electron chi connectivity index (χ4n) is 1.60. The second kappa shape index (κ2) is 7.23. The minimum Gasteiger partial charge on any atom is -0.494 e. The largest absolute Gasteiger partial charge is 0.494 e. The zero-order valence-corrected chi connectivity index (χ0v) is 10.0. The standard InChI is InChI=1S/C13H20FNO/c1-3-12(15-2)5-4-10-16-13-8-6-11(14)7-9-13/h6-9,12,15H,3-5,10H2,1-2H3. The van der Waals surface area contributed by atoms with E-state index in [1.165, 1.54) is 12.1 Å². The minimum absolute atomic E-state index is 0.228. The van der Waals surface area contributed by atoms with Crippen LogP contribution in [-0.2, 0) is 0 Å². The van der Waals surface area contributed by atoms with Crippen LogP contribution < -0.4 is 10.1 Å². The first kappa shape index (κ1) is 13.0. The maximum absolute atomic E-state index is 12.6. The summed E-state index contributed by atoms with van der Waals surface area (Å²) in [6.45, 7) is 2.85. The zero-order chi connectivity index (χ0) is 11.8. The van der Waals surface area contributed by atoms with E-state index >= 15 is 0 Å². The van der Waals surface area contributed by atoms with Crippen LogP contribution in [0.25, 0.3) is 0 Å². The van der Waals surface area contributed by atoms with E-state index in [0.717, 1.165) is 25.0 Å². The third-order valence-corrected chi connectivity index (χ3v) is 2.68. The quantitative estimate of drug-likeness (QED) is 0.720. The molecule has 0 aliphatic rings. The highest BCUT2D eigenvalue weighted by molar-refractivity contribution is 5.21. The van der Waals surface area contributed by atoms with Gasteiger partial charge in [-0.15, -0.1) is 0 Å². The van der Waals surface area contributed by atoms with Gasteiger partial charge in [0.15, 0.2) is 0 Å². The van der Waals surface area contributed by atoms with Crippen molar-refractivity contribution in [2.75, 3.05) is 13.7 Å². The van der Waals surface area contributed by atoms with Gasteiger partial charge < -0.3 is 10.1 Å². The van der Waals surface area contributed by atoms with E-state index in [-0.39, 0.29) is 5.82 Å². The number of hydrogen-bond donors (Lipinski definition) is 1. The van der Waals surface area contributed by atoms with Crippen molar-refractivity contribution in [1.29, 1.82) is 0 Å². The first-order valence-corrected chi connectivity index (χ1v) is 5.82. The SMILES string of the molecule is CCC(CCCOc1ccc(F)cc1)NC. The second-order valence-corrected chi connectivity index (χ2v) is 3.84. The molecule has 90 valence electrons. The van der Waals surface area contributed by atoms with Crippen molar-refractivity contribution in [2.45, 2.75) is 32.2 Å². The van der Waals surface area contributed by atoms with Crippen LogP contribution in [0.1, 0.15) is 26.2 Å². The first-order chi connectivity index (χ1) is 7.76. The van der Waals surface area contributed by atoms with Gasteiger partial charge in [-0.25, -0.2) is 4.39 Å². The lowest BCUT2D eigenvalue weighted by atomic mass is 10.1. The van der Waals surface area contributed by atoms with E-state index in [1.54, 1.807) is 12.1 Å². The van der Waals surface area contributed by atoms with Crippen molar-refractivity contribution in [3.63, 3.8) is 0 Å². The Labute approximate surface area is 96.8 Å². The number of rotatable bonds is 7. The topological polar surface area (TPSA) is 21.3 Å². The Bertz CT molecular complexity index is 282. The summed E-state index contributed by atoms with van der Waals surface area (Å²) in [6.07, 6.45) is 3.25. The molecule has 0 aliphatic carbocycles. The fraction of sp³-hybridized carbons (Fsp3) is 0.538. The molecule has 1 N–H and O–H groups in total. The molecule has 0 heterocycles. The number of hydrogen-bond acceptors (Lipinski definition) is 2. The van der Waals surface area contributed by atoms with E-state index in [1.807, 2.05) is 7.05 Å². The second-order valence-electron chi connectivity index (χ2n) is 3.84. The predicted molar refractivity (Wildman–Crippen MR) is 64.3 cm³/mol. The molecule has 0 fully saturated rings.